The third-order valence-corrected chi connectivity index (χ3v) is 4.63. The Morgan fingerprint density at radius 3 is 2.15 bits per heavy atom. The summed E-state index contributed by atoms with van der Waals surface area (Å²) in [6.07, 6.45) is -0.155. The topological polar surface area (TPSA) is 172 Å². The van der Waals surface area contributed by atoms with Gasteiger partial charge in [0, 0.05) is 12.2 Å². The molecule has 11 heteroatoms. The van der Waals surface area contributed by atoms with Crippen LogP contribution in [-0.4, -0.2) is 53.3 Å². The van der Waals surface area contributed by atoms with Gasteiger partial charge in [0.05, 0.1) is 6.61 Å². The molecule has 1 aromatic rings. The Morgan fingerprint density at radius 2 is 1.65 bits per heavy atom. The van der Waals surface area contributed by atoms with Crippen LogP contribution < -0.4 is 27.0 Å². The number of ether oxygens (including phenoxy) is 1. The lowest BCUT2D eigenvalue weighted by Gasteiger charge is -2.27. The Hall–Kier alpha value is -3.34. The van der Waals surface area contributed by atoms with Gasteiger partial charge in [0.15, 0.2) is 0 Å². The molecule has 0 saturated heterocycles. The first-order valence-electron chi connectivity index (χ1n) is 11.2. The number of aliphatic hydroxyl groups excluding tert-OH is 1. The largest absolute Gasteiger partial charge is 0.444 e. The van der Waals surface area contributed by atoms with Crippen molar-refractivity contribution in [2.24, 2.45) is 11.7 Å². The third-order valence-electron chi connectivity index (χ3n) is 4.63. The minimum Gasteiger partial charge on any atom is -0.444 e. The van der Waals surface area contributed by atoms with Gasteiger partial charge in [0.2, 0.25) is 11.8 Å². The normalized spacial score (nSPS) is 12.9. The van der Waals surface area contributed by atoms with Crippen LogP contribution >= 0.6 is 0 Å². The number of rotatable bonds is 11. The molecular formula is C23H37N5O6. The lowest BCUT2D eigenvalue weighted by molar-refractivity contribution is -0.128. The number of carbonyl (C=O) groups is 4. The van der Waals surface area contributed by atoms with Crippen LogP contribution in [0.25, 0.3) is 0 Å². The summed E-state index contributed by atoms with van der Waals surface area (Å²) in [5.74, 6) is -1.29. The van der Waals surface area contributed by atoms with E-state index in [1.54, 1.807) is 58.9 Å². The Balaban J connectivity index is 2.92. The van der Waals surface area contributed by atoms with Gasteiger partial charge in [-0.15, -0.1) is 0 Å². The highest BCUT2D eigenvalue weighted by Gasteiger charge is 2.30. The molecule has 0 aliphatic rings. The number of nitrogens with one attached hydrogen (secondary N) is 4. The van der Waals surface area contributed by atoms with Crippen molar-refractivity contribution in [2.45, 2.75) is 71.8 Å². The molecule has 1 aromatic carbocycles. The summed E-state index contributed by atoms with van der Waals surface area (Å²) in [7, 11) is 0. The molecule has 5 amide bonds. The van der Waals surface area contributed by atoms with Crippen molar-refractivity contribution >= 4 is 29.6 Å². The fourth-order valence-corrected chi connectivity index (χ4v) is 2.94. The molecule has 1 unspecified atom stereocenters. The van der Waals surface area contributed by atoms with Crippen molar-refractivity contribution in [3.05, 3.63) is 29.8 Å². The Labute approximate surface area is 200 Å². The van der Waals surface area contributed by atoms with E-state index < -0.39 is 41.6 Å². The highest BCUT2D eigenvalue weighted by atomic mass is 16.6. The van der Waals surface area contributed by atoms with Crippen molar-refractivity contribution in [2.75, 3.05) is 11.9 Å². The van der Waals surface area contributed by atoms with Crippen molar-refractivity contribution in [3.8, 4) is 0 Å². The smallest absolute Gasteiger partial charge is 0.408 e. The van der Waals surface area contributed by atoms with E-state index in [4.69, 9.17) is 15.6 Å². The molecule has 0 aliphatic heterocycles. The zero-order valence-electron chi connectivity index (χ0n) is 20.4. The van der Waals surface area contributed by atoms with E-state index in [0.717, 1.165) is 0 Å². The summed E-state index contributed by atoms with van der Waals surface area (Å²) < 4.78 is 5.24. The van der Waals surface area contributed by atoms with Crippen LogP contribution in [0.1, 0.15) is 53.0 Å². The highest BCUT2D eigenvalue weighted by Crippen LogP contribution is 2.12. The monoisotopic (exact) mass is 479 g/mol. The summed E-state index contributed by atoms with van der Waals surface area (Å²) >= 11 is 0. The van der Waals surface area contributed by atoms with E-state index in [1.807, 2.05) is 0 Å². The number of anilines is 1. The second-order valence-electron chi connectivity index (χ2n) is 9.21. The van der Waals surface area contributed by atoms with E-state index in [2.05, 4.69) is 21.3 Å². The van der Waals surface area contributed by atoms with E-state index in [0.29, 0.717) is 17.7 Å². The zero-order chi connectivity index (χ0) is 25.9. The van der Waals surface area contributed by atoms with Gasteiger partial charge < -0.3 is 36.8 Å². The van der Waals surface area contributed by atoms with E-state index in [1.165, 1.54) is 0 Å². The van der Waals surface area contributed by atoms with Crippen molar-refractivity contribution < 1.29 is 29.0 Å². The molecule has 34 heavy (non-hydrogen) atoms. The number of amides is 5. The van der Waals surface area contributed by atoms with E-state index in [-0.39, 0.29) is 25.5 Å². The summed E-state index contributed by atoms with van der Waals surface area (Å²) in [5, 5.41) is 19.6. The lowest BCUT2D eigenvalue weighted by atomic mass is 10.0. The first-order valence-corrected chi connectivity index (χ1v) is 11.2. The van der Waals surface area contributed by atoms with Gasteiger partial charge >= 0.3 is 12.1 Å². The van der Waals surface area contributed by atoms with Gasteiger partial charge in [-0.1, -0.05) is 26.0 Å². The van der Waals surface area contributed by atoms with Gasteiger partial charge in [-0.2, -0.15) is 0 Å². The molecule has 0 aliphatic carbocycles. The number of urea groups is 1. The molecule has 0 saturated carbocycles. The Kier molecular flexibility index (Phi) is 11.3. The average Bonchev–Trinajstić information content (AvgIpc) is 2.72. The number of hydrogen-bond donors (Lipinski definition) is 6. The van der Waals surface area contributed by atoms with Crippen LogP contribution in [0.4, 0.5) is 15.3 Å². The van der Waals surface area contributed by atoms with Crippen LogP contribution in [0.5, 0.6) is 0 Å². The van der Waals surface area contributed by atoms with Gasteiger partial charge in [-0.05, 0) is 57.2 Å². The van der Waals surface area contributed by atoms with E-state index >= 15 is 0 Å². The van der Waals surface area contributed by atoms with Crippen LogP contribution in [0.2, 0.25) is 0 Å². The predicted molar refractivity (Wildman–Crippen MR) is 128 cm³/mol. The maximum absolute atomic E-state index is 13.0. The fourth-order valence-electron chi connectivity index (χ4n) is 2.94. The van der Waals surface area contributed by atoms with Crippen LogP contribution in [0, 0.1) is 5.92 Å². The average molecular weight is 480 g/mol. The number of carbonyl (C=O) groups excluding carboxylic acids is 4. The SMILES string of the molecule is CC(C)C(NC(=O)OC(C)(C)C)C(=O)N[C@@H](CCCNC(N)=O)C(=O)Nc1ccc(CO)cc1. The molecule has 2 atom stereocenters. The molecule has 1 rings (SSSR count). The predicted octanol–water partition coefficient (Wildman–Crippen LogP) is 1.60. The summed E-state index contributed by atoms with van der Waals surface area (Å²) in [6.45, 7) is 8.76. The minimum absolute atomic E-state index is 0.124. The van der Waals surface area contributed by atoms with Gasteiger partial charge in [-0.3, -0.25) is 9.59 Å². The quantitative estimate of drug-likeness (QED) is 0.263. The number of aliphatic hydroxyl groups is 1. The summed E-state index contributed by atoms with van der Waals surface area (Å²) in [4.78, 5) is 49.0. The number of benzene rings is 1. The first-order chi connectivity index (χ1) is 15.8. The molecule has 7 N–H and O–H groups in total. The molecule has 0 aromatic heterocycles. The van der Waals surface area contributed by atoms with Crippen molar-refractivity contribution in [3.63, 3.8) is 0 Å². The second-order valence-corrected chi connectivity index (χ2v) is 9.21. The molecule has 11 nitrogen and oxygen atoms in total. The van der Waals surface area contributed by atoms with Gasteiger partial charge in [0.25, 0.3) is 0 Å². The molecular weight excluding hydrogens is 442 g/mol. The molecule has 0 fully saturated rings. The number of nitrogens with two attached hydrogens (primary N) is 1. The molecule has 190 valence electrons. The Morgan fingerprint density at radius 1 is 1.03 bits per heavy atom. The number of primary amides is 1. The highest BCUT2D eigenvalue weighted by molar-refractivity contribution is 5.98. The third kappa shape index (κ3) is 11.0. The zero-order valence-corrected chi connectivity index (χ0v) is 20.4. The summed E-state index contributed by atoms with van der Waals surface area (Å²) in [5.41, 5.74) is 5.52. The van der Waals surface area contributed by atoms with Gasteiger partial charge in [-0.25, -0.2) is 9.59 Å². The number of alkyl carbamates (subject to hydrolysis) is 1. The molecule has 0 spiro atoms. The van der Waals surface area contributed by atoms with Crippen LogP contribution in [0.15, 0.2) is 24.3 Å². The van der Waals surface area contributed by atoms with Crippen LogP contribution in [0.3, 0.4) is 0 Å². The first kappa shape index (κ1) is 28.7. The molecule has 0 bridgehead atoms. The number of hydrogen-bond acceptors (Lipinski definition) is 6. The van der Waals surface area contributed by atoms with Crippen molar-refractivity contribution in [1.82, 2.24) is 16.0 Å². The maximum atomic E-state index is 13.0. The minimum atomic E-state index is -0.943. The lowest BCUT2D eigenvalue weighted by Crippen LogP contribution is -2.55. The van der Waals surface area contributed by atoms with Gasteiger partial charge in [0.1, 0.15) is 17.7 Å². The second kappa shape index (κ2) is 13.4. The van der Waals surface area contributed by atoms with Crippen LogP contribution in [-0.2, 0) is 20.9 Å². The van der Waals surface area contributed by atoms with E-state index in [9.17, 15) is 19.2 Å². The molecule has 0 heterocycles. The standard InChI is InChI=1S/C23H37N5O6/c1-14(2)18(28-22(33)34-23(3,4)5)20(31)27-17(7-6-12-25-21(24)32)19(30)26-16-10-8-15(13-29)9-11-16/h8-11,14,17-18,29H,6-7,12-13H2,1-5H3,(H,26,30)(H,27,31)(H,28,33)(H3,24,25,32)/t17-,18?/m0/s1. The summed E-state index contributed by atoms with van der Waals surface area (Å²) in [6, 6.07) is 4.05. The van der Waals surface area contributed by atoms with Crippen molar-refractivity contribution in [1.29, 1.82) is 0 Å². The fraction of sp³-hybridized carbons (Fsp3) is 0.565. The maximum Gasteiger partial charge on any atom is 0.408 e. The molecule has 0 radical (unpaired) electrons. The Bertz CT molecular complexity index is 835.